The van der Waals surface area contributed by atoms with Gasteiger partial charge >= 0.3 is 0 Å². The van der Waals surface area contributed by atoms with Gasteiger partial charge in [-0.25, -0.2) is 0 Å². The Morgan fingerprint density at radius 2 is 2.35 bits per heavy atom. The Morgan fingerprint density at radius 3 is 2.94 bits per heavy atom. The predicted molar refractivity (Wildman–Crippen MR) is 64.0 cm³/mol. The number of nitrogens with zero attached hydrogens (tertiary/aromatic N) is 2. The summed E-state index contributed by atoms with van der Waals surface area (Å²) in [5.74, 6) is 0.668. The molecule has 0 saturated carbocycles. The summed E-state index contributed by atoms with van der Waals surface area (Å²) in [6.45, 7) is 5.27. The van der Waals surface area contributed by atoms with E-state index in [-0.39, 0.29) is 5.91 Å². The third kappa shape index (κ3) is 2.20. The van der Waals surface area contributed by atoms with Crippen molar-refractivity contribution in [2.24, 2.45) is 0 Å². The Hall–Kier alpha value is -1.36. The first kappa shape index (κ1) is 12.1. The first-order chi connectivity index (χ1) is 8.15. The number of hydrogen-bond acceptors (Lipinski definition) is 4. The quantitative estimate of drug-likeness (QED) is 0.855. The SMILES string of the molecule is CNCC1CCCN1C(=O)c1c(C)noc1C. The number of likely N-dealkylation sites (N-methyl/N-ethyl adjacent to an activating group) is 1. The third-order valence-corrected chi connectivity index (χ3v) is 3.32. The van der Waals surface area contributed by atoms with Crippen molar-refractivity contribution in [1.29, 1.82) is 0 Å². The van der Waals surface area contributed by atoms with E-state index >= 15 is 0 Å². The van der Waals surface area contributed by atoms with Crippen LogP contribution in [-0.2, 0) is 0 Å². The fraction of sp³-hybridized carbons (Fsp3) is 0.667. The lowest BCUT2D eigenvalue weighted by atomic mass is 10.1. The highest BCUT2D eigenvalue weighted by Crippen LogP contribution is 2.22. The molecule has 2 heterocycles. The maximum Gasteiger partial charge on any atom is 0.259 e. The minimum Gasteiger partial charge on any atom is -0.361 e. The summed E-state index contributed by atoms with van der Waals surface area (Å²) in [4.78, 5) is 14.4. The van der Waals surface area contributed by atoms with Gasteiger partial charge in [-0.3, -0.25) is 4.79 Å². The molecule has 5 heteroatoms. The molecule has 1 fully saturated rings. The normalized spacial score (nSPS) is 19.9. The highest BCUT2D eigenvalue weighted by atomic mass is 16.5. The molecule has 1 N–H and O–H groups in total. The minimum atomic E-state index is 0.0546. The molecule has 5 nitrogen and oxygen atoms in total. The van der Waals surface area contributed by atoms with Gasteiger partial charge in [-0.15, -0.1) is 0 Å². The Bertz CT molecular complexity index is 394. The van der Waals surface area contributed by atoms with Crippen molar-refractivity contribution in [2.75, 3.05) is 20.1 Å². The molecular formula is C12H19N3O2. The van der Waals surface area contributed by atoms with Crippen LogP contribution in [0.3, 0.4) is 0 Å². The second-order valence-electron chi connectivity index (χ2n) is 4.55. The molecule has 1 saturated heterocycles. The van der Waals surface area contributed by atoms with Crippen LogP contribution >= 0.6 is 0 Å². The van der Waals surface area contributed by atoms with Gasteiger partial charge in [0.15, 0.2) is 0 Å². The first-order valence-electron chi connectivity index (χ1n) is 6.03. The van der Waals surface area contributed by atoms with Crippen LogP contribution in [0.2, 0.25) is 0 Å². The summed E-state index contributed by atoms with van der Waals surface area (Å²) in [6, 6.07) is 0.293. The summed E-state index contributed by atoms with van der Waals surface area (Å²) in [7, 11) is 1.91. The second kappa shape index (κ2) is 4.87. The van der Waals surface area contributed by atoms with Gasteiger partial charge in [0.25, 0.3) is 5.91 Å². The number of rotatable bonds is 3. The van der Waals surface area contributed by atoms with Crippen LogP contribution in [0.15, 0.2) is 4.52 Å². The van der Waals surface area contributed by atoms with Gasteiger partial charge in [0.05, 0.1) is 5.69 Å². The topological polar surface area (TPSA) is 58.4 Å². The van der Waals surface area contributed by atoms with Crippen LogP contribution in [0, 0.1) is 13.8 Å². The summed E-state index contributed by atoms with van der Waals surface area (Å²) in [5, 5.41) is 6.98. The second-order valence-corrected chi connectivity index (χ2v) is 4.55. The lowest BCUT2D eigenvalue weighted by Crippen LogP contribution is -2.41. The van der Waals surface area contributed by atoms with Gasteiger partial charge < -0.3 is 14.7 Å². The number of aryl methyl sites for hydroxylation is 2. The van der Waals surface area contributed by atoms with E-state index in [1.807, 2.05) is 18.9 Å². The molecule has 1 aromatic heterocycles. The summed E-state index contributed by atoms with van der Waals surface area (Å²) in [5.41, 5.74) is 1.32. The molecule has 1 unspecified atom stereocenters. The zero-order valence-electron chi connectivity index (χ0n) is 10.6. The zero-order valence-corrected chi connectivity index (χ0v) is 10.6. The molecule has 1 amide bonds. The van der Waals surface area contributed by atoms with Crippen molar-refractivity contribution in [1.82, 2.24) is 15.4 Å². The molecule has 0 radical (unpaired) electrons. The van der Waals surface area contributed by atoms with Gasteiger partial charge in [0, 0.05) is 19.1 Å². The lowest BCUT2D eigenvalue weighted by molar-refractivity contribution is 0.0734. The van der Waals surface area contributed by atoms with Crippen molar-refractivity contribution in [2.45, 2.75) is 32.7 Å². The molecule has 0 aromatic carbocycles. The average molecular weight is 237 g/mol. The van der Waals surface area contributed by atoms with E-state index in [1.54, 1.807) is 6.92 Å². The van der Waals surface area contributed by atoms with E-state index < -0.39 is 0 Å². The molecule has 2 rings (SSSR count). The molecule has 17 heavy (non-hydrogen) atoms. The fourth-order valence-electron chi connectivity index (χ4n) is 2.48. The molecule has 94 valence electrons. The maximum absolute atomic E-state index is 12.4. The number of aromatic nitrogens is 1. The number of carbonyl (C=O) groups excluding carboxylic acids is 1. The highest BCUT2D eigenvalue weighted by molar-refractivity contribution is 5.96. The van der Waals surface area contributed by atoms with E-state index in [9.17, 15) is 4.79 Å². The van der Waals surface area contributed by atoms with Crippen molar-refractivity contribution < 1.29 is 9.32 Å². The number of nitrogens with one attached hydrogen (secondary N) is 1. The van der Waals surface area contributed by atoms with Crippen LogP contribution in [0.25, 0.3) is 0 Å². The zero-order chi connectivity index (χ0) is 12.4. The Kier molecular flexibility index (Phi) is 3.47. The van der Waals surface area contributed by atoms with Gasteiger partial charge in [-0.1, -0.05) is 5.16 Å². The van der Waals surface area contributed by atoms with Crippen molar-refractivity contribution in [3.63, 3.8) is 0 Å². The van der Waals surface area contributed by atoms with Gasteiger partial charge in [0.2, 0.25) is 0 Å². The predicted octanol–water partition coefficient (Wildman–Crippen LogP) is 1.12. The molecule has 0 aliphatic carbocycles. The average Bonchev–Trinajstić information content (AvgIpc) is 2.86. The van der Waals surface area contributed by atoms with Crippen LogP contribution in [0.5, 0.6) is 0 Å². The van der Waals surface area contributed by atoms with E-state index in [2.05, 4.69) is 10.5 Å². The standard InChI is InChI=1S/C12H19N3O2/c1-8-11(9(2)17-14-8)12(16)15-6-4-5-10(15)7-13-3/h10,13H,4-7H2,1-3H3. The highest BCUT2D eigenvalue weighted by Gasteiger charge is 2.31. The van der Waals surface area contributed by atoms with Crippen LogP contribution in [-0.4, -0.2) is 42.1 Å². The van der Waals surface area contributed by atoms with Crippen molar-refractivity contribution in [3.05, 3.63) is 17.0 Å². The molecule has 0 bridgehead atoms. The third-order valence-electron chi connectivity index (χ3n) is 3.32. The monoisotopic (exact) mass is 237 g/mol. The molecule has 1 aliphatic rings. The van der Waals surface area contributed by atoms with Crippen molar-refractivity contribution in [3.8, 4) is 0 Å². The Labute approximate surface area is 101 Å². The Morgan fingerprint density at radius 1 is 1.59 bits per heavy atom. The number of likely N-dealkylation sites (tertiary alicyclic amines) is 1. The first-order valence-corrected chi connectivity index (χ1v) is 6.03. The van der Waals surface area contributed by atoms with Gasteiger partial charge in [-0.2, -0.15) is 0 Å². The lowest BCUT2D eigenvalue weighted by Gasteiger charge is -2.24. The molecule has 1 atom stereocenters. The number of hydrogen-bond donors (Lipinski definition) is 1. The summed E-state index contributed by atoms with van der Waals surface area (Å²) in [6.07, 6.45) is 2.14. The van der Waals surface area contributed by atoms with Crippen LogP contribution in [0.1, 0.15) is 34.7 Å². The van der Waals surface area contributed by atoms with Crippen molar-refractivity contribution >= 4 is 5.91 Å². The molecule has 0 spiro atoms. The maximum atomic E-state index is 12.4. The summed E-state index contributed by atoms with van der Waals surface area (Å²) >= 11 is 0. The molecule has 1 aromatic rings. The van der Waals surface area contributed by atoms with Gasteiger partial charge in [-0.05, 0) is 33.7 Å². The van der Waals surface area contributed by atoms with E-state index in [1.165, 1.54) is 0 Å². The summed E-state index contributed by atoms with van der Waals surface area (Å²) < 4.78 is 5.06. The van der Waals surface area contributed by atoms with E-state index in [0.29, 0.717) is 23.1 Å². The Balaban J connectivity index is 2.20. The fourth-order valence-corrected chi connectivity index (χ4v) is 2.48. The number of amides is 1. The largest absolute Gasteiger partial charge is 0.361 e. The van der Waals surface area contributed by atoms with Crippen LogP contribution < -0.4 is 5.32 Å². The van der Waals surface area contributed by atoms with Gasteiger partial charge in [0.1, 0.15) is 11.3 Å². The van der Waals surface area contributed by atoms with Crippen LogP contribution in [0.4, 0.5) is 0 Å². The van der Waals surface area contributed by atoms with E-state index in [4.69, 9.17) is 4.52 Å². The minimum absolute atomic E-state index is 0.0546. The number of carbonyl (C=O) groups is 1. The van der Waals surface area contributed by atoms with E-state index in [0.717, 1.165) is 25.9 Å². The molecule has 1 aliphatic heterocycles. The smallest absolute Gasteiger partial charge is 0.259 e. The molecular weight excluding hydrogens is 218 g/mol.